The minimum absolute atomic E-state index is 0.377. The Labute approximate surface area is 51.0 Å². The topological polar surface area (TPSA) is 43.1 Å². The summed E-state index contributed by atoms with van der Waals surface area (Å²) < 4.78 is 10.6. The molecule has 0 amide bonds. The summed E-state index contributed by atoms with van der Waals surface area (Å²) in [5, 5.41) is 5.56. The first-order valence-electron chi connectivity index (χ1n) is 2.90. The van der Waals surface area contributed by atoms with Crippen LogP contribution in [-0.2, 0) is 11.0 Å². The molecule has 2 nitrogen and oxygen atoms in total. The first-order valence-corrected chi connectivity index (χ1v) is 4.17. The fourth-order valence-electron chi connectivity index (χ4n) is 1.33. The molecule has 2 saturated carbocycles. The molecule has 2 N–H and O–H groups in total. The Kier molecular flexibility index (Phi) is 0.718. The van der Waals surface area contributed by atoms with Gasteiger partial charge in [-0.2, -0.15) is 0 Å². The largest absolute Gasteiger partial charge is 0.252 e. The number of hydrogen-bond donors (Lipinski definition) is 1. The van der Waals surface area contributed by atoms with Crippen molar-refractivity contribution in [2.24, 2.45) is 10.6 Å². The number of hydrogen-bond acceptors (Lipinski definition) is 1. The van der Waals surface area contributed by atoms with Crippen molar-refractivity contribution in [3.63, 3.8) is 0 Å². The number of rotatable bonds is 1. The van der Waals surface area contributed by atoms with Gasteiger partial charge < -0.3 is 0 Å². The molecule has 2 rings (SSSR count). The Hall–Kier alpha value is 0.110. The van der Waals surface area contributed by atoms with Crippen LogP contribution in [0.25, 0.3) is 0 Å². The summed E-state index contributed by atoms with van der Waals surface area (Å²) in [6.45, 7) is 0. The smallest absolute Gasteiger partial charge is 0.0925 e. The Balaban J connectivity index is 2.06. The van der Waals surface area contributed by atoms with Crippen molar-refractivity contribution in [3.8, 4) is 0 Å². The van der Waals surface area contributed by atoms with Crippen LogP contribution in [0.15, 0.2) is 0 Å². The van der Waals surface area contributed by atoms with Crippen molar-refractivity contribution in [2.75, 3.05) is 0 Å². The molecule has 0 radical (unpaired) electrons. The van der Waals surface area contributed by atoms with Crippen LogP contribution in [0, 0.1) is 5.41 Å². The van der Waals surface area contributed by atoms with Gasteiger partial charge in [-0.25, -0.2) is 4.21 Å². The van der Waals surface area contributed by atoms with Gasteiger partial charge in [0.1, 0.15) is 0 Å². The fraction of sp³-hybridized carbons (Fsp3) is 1.00. The molecule has 0 aromatic carbocycles. The van der Waals surface area contributed by atoms with Crippen molar-refractivity contribution in [3.05, 3.63) is 0 Å². The highest BCUT2D eigenvalue weighted by Crippen LogP contribution is 2.67. The molecule has 46 valence electrons. The highest BCUT2D eigenvalue weighted by Gasteiger charge is 2.65. The van der Waals surface area contributed by atoms with Gasteiger partial charge >= 0.3 is 0 Å². The van der Waals surface area contributed by atoms with Crippen LogP contribution in [0.4, 0.5) is 0 Å². The molecule has 2 atom stereocenters. The molecular weight excluding hydrogens is 122 g/mol. The molecule has 0 saturated heterocycles. The summed E-state index contributed by atoms with van der Waals surface area (Å²) in [6, 6.07) is 0. The lowest BCUT2D eigenvalue weighted by molar-refractivity contribution is 0.680. The van der Waals surface area contributed by atoms with Crippen LogP contribution in [-0.4, -0.2) is 9.46 Å². The first kappa shape index (κ1) is 4.94. The summed E-state index contributed by atoms with van der Waals surface area (Å²) in [4.78, 5) is 0. The molecule has 2 aliphatic rings. The van der Waals surface area contributed by atoms with Crippen molar-refractivity contribution in [1.29, 1.82) is 0 Å². The maximum atomic E-state index is 10.6. The second-order valence-electron chi connectivity index (χ2n) is 2.88. The Morgan fingerprint density at radius 3 is 2.38 bits per heavy atom. The van der Waals surface area contributed by atoms with Crippen molar-refractivity contribution in [1.82, 2.24) is 0 Å². The van der Waals surface area contributed by atoms with Gasteiger partial charge in [-0.3, -0.25) is 5.14 Å². The van der Waals surface area contributed by atoms with Gasteiger partial charge in [0, 0.05) is 0 Å². The summed E-state index contributed by atoms with van der Waals surface area (Å²) >= 11 is 0. The third kappa shape index (κ3) is 0.486. The summed E-state index contributed by atoms with van der Waals surface area (Å²) in [5.41, 5.74) is 0.514. The van der Waals surface area contributed by atoms with Crippen LogP contribution in [0.3, 0.4) is 0 Å². The molecule has 0 aliphatic heterocycles. The zero-order valence-corrected chi connectivity index (χ0v) is 5.41. The SMILES string of the molecule is NS(=O)[C@H]1CC12CC2. The summed E-state index contributed by atoms with van der Waals surface area (Å²) in [7, 11) is -1.01. The monoisotopic (exact) mass is 131 g/mol. The van der Waals surface area contributed by atoms with E-state index in [0.29, 0.717) is 10.7 Å². The van der Waals surface area contributed by atoms with Gasteiger partial charge in [0.05, 0.1) is 16.2 Å². The van der Waals surface area contributed by atoms with Gasteiger partial charge in [0.15, 0.2) is 0 Å². The lowest BCUT2D eigenvalue weighted by Crippen LogP contribution is -2.09. The Morgan fingerprint density at radius 2 is 2.25 bits per heavy atom. The van der Waals surface area contributed by atoms with Gasteiger partial charge in [-0.1, -0.05) is 0 Å². The molecule has 1 unspecified atom stereocenters. The van der Waals surface area contributed by atoms with E-state index in [1.165, 1.54) is 12.8 Å². The van der Waals surface area contributed by atoms with E-state index < -0.39 is 11.0 Å². The standard InChI is InChI=1S/C5H9NOS/c6-8(7)4-3-5(4)1-2-5/h4H,1-3,6H2/t4-,8?/m0/s1. The molecule has 3 heteroatoms. The van der Waals surface area contributed by atoms with E-state index in [4.69, 9.17) is 5.14 Å². The van der Waals surface area contributed by atoms with Gasteiger partial charge in [-0.05, 0) is 24.7 Å². The second kappa shape index (κ2) is 1.16. The highest BCUT2D eigenvalue weighted by molar-refractivity contribution is 7.83. The van der Waals surface area contributed by atoms with E-state index in [0.717, 1.165) is 6.42 Å². The lowest BCUT2D eigenvalue weighted by atomic mass is 10.4. The third-order valence-electron chi connectivity index (χ3n) is 2.29. The first-order chi connectivity index (χ1) is 3.75. The second-order valence-corrected chi connectivity index (χ2v) is 4.11. The minimum atomic E-state index is -1.01. The Bertz CT molecular complexity index is 153. The normalized spacial score (nSPS) is 41.9. The van der Waals surface area contributed by atoms with Crippen LogP contribution >= 0.6 is 0 Å². The molecule has 0 bridgehead atoms. The molecule has 0 aromatic rings. The molecular formula is C5H9NOS. The minimum Gasteiger partial charge on any atom is -0.252 e. The predicted octanol–water partition coefficient (Wildman–Crippen LogP) is 0.161. The number of nitrogens with two attached hydrogens (primary N) is 1. The van der Waals surface area contributed by atoms with E-state index in [1.807, 2.05) is 0 Å². The van der Waals surface area contributed by atoms with E-state index >= 15 is 0 Å². The van der Waals surface area contributed by atoms with E-state index in [1.54, 1.807) is 0 Å². The lowest BCUT2D eigenvalue weighted by Gasteiger charge is -1.85. The zero-order chi connectivity index (χ0) is 5.78. The van der Waals surface area contributed by atoms with Crippen molar-refractivity contribution in [2.45, 2.75) is 24.5 Å². The summed E-state index contributed by atoms with van der Waals surface area (Å²) in [6.07, 6.45) is 3.69. The van der Waals surface area contributed by atoms with E-state index in [-0.39, 0.29) is 0 Å². The van der Waals surface area contributed by atoms with Gasteiger partial charge in [0.25, 0.3) is 0 Å². The highest BCUT2D eigenvalue weighted by atomic mass is 32.2. The van der Waals surface area contributed by atoms with Crippen LogP contribution in [0.1, 0.15) is 19.3 Å². The average molecular weight is 131 g/mol. The van der Waals surface area contributed by atoms with E-state index in [2.05, 4.69) is 0 Å². The quantitative estimate of drug-likeness (QED) is 0.541. The van der Waals surface area contributed by atoms with Gasteiger partial charge in [0.2, 0.25) is 0 Å². The molecule has 2 fully saturated rings. The van der Waals surface area contributed by atoms with Crippen LogP contribution < -0.4 is 5.14 Å². The maximum absolute atomic E-state index is 10.6. The van der Waals surface area contributed by atoms with Crippen LogP contribution in [0.2, 0.25) is 0 Å². The van der Waals surface area contributed by atoms with E-state index in [9.17, 15) is 4.21 Å². The van der Waals surface area contributed by atoms with Crippen LogP contribution in [0.5, 0.6) is 0 Å². The van der Waals surface area contributed by atoms with Crippen molar-refractivity contribution >= 4 is 11.0 Å². The fourth-order valence-corrected chi connectivity index (χ4v) is 2.55. The third-order valence-corrected chi connectivity index (χ3v) is 3.51. The Morgan fingerprint density at radius 1 is 1.62 bits per heavy atom. The zero-order valence-electron chi connectivity index (χ0n) is 4.59. The molecule has 0 heterocycles. The molecule has 0 aromatic heterocycles. The van der Waals surface area contributed by atoms with Gasteiger partial charge in [-0.15, -0.1) is 0 Å². The average Bonchev–Trinajstić information content (AvgIpc) is 2.50. The summed E-state index contributed by atoms with van der Waals surface area (Å²) in [5.74, 6) is 0. The molecule has 2 aliphatic carbocycles. The predicted molar refractivity (Wildman–Crippen MR) is 32.4 cm³/mol. The maximum Gasteiger partial charge on any atom is 0.0925 e. The van der Waals surface area contributed by atoms with Crippen molar-refractivity contribution < 1.29 is 4.21 Å². The molecule has 1 spiro atoms. The molecule has 8 heavy (non-hydrogen) atoms.